The van der Waals surface area contributed by atoms with Gasteiger partial charge in [0.25, 0.3) is 0 Å². The fraction of sp³-hybridized carbons (Fsp3) is 0.357. The topological polar surface area (TPSA) is 40.5 Å². The summed E-state index contributed by atoms with van der Waals surface area (Å²) in [6.45, 7) is 5.01. The van der Waals surface area contributed by atoms with Gasteiger partial charge in [-0.15, -0.1) is 0 Å². The van der Waals surface area contributed by atoms with Gasteiger partial charge in [0, 0.05) is 24.1 Å². The molecule has 2 rings (SSSR count). The van der Waals surface area contributed by atoms with Crippen LogP contribution in [0.15, 0.2) is 34.3 Å². The zero-order valence-electron chi connectivity index (χ0n) is 10.3. The average molecular weight is 310 g/mol. The molecule has 0 aliphatic carbocycles. The van der Waals surface area contributed by atoms with Crippen LogP contribution in [-0.4, -0.2) is 29.1 Å². The summed E-state index contributed by atoms with van der Waals surface area (Å²) >= 11 is 3.60. The van der Waals surface area contributed by atoms with Gasteiger partial charge < -0.3 is 5.11 Å². The zero-order chi connectivity index (χ0) is 13.1. The lowest BCUT2D eigenvalue weighted by molar-refractivity contribution is 0.0697. The third-order valence-corrected chi connectivity index (χ3v) is 4.16. The molecule has 0 radical (unpaired) electrons. The lowest BCUT2D eigenvalue weighted by Gasteiger charge is -2.27. The zero-order valence-corrected chi connectivity index (χ0v) is 11.9. The predicted octanol–water partition coefficient (Wildman–Crippen LogP) is 3.26. The van der Waals surface area contributed by atoms with Crippen LogP contribution in [0, 0.1) is 0 Å². The second-order valence-corrected chi connectivity index (χ2v) is 5.61. The first-order chi connectivity index (χ1) is 8.56. The van der Waals surface area contributed by atoms with Gasteiger partial charge in [-0.3, -0.25) is 4.90 Å². The molecule has 1 aliphatic heterocycles. The van der Waals surface area contributed by atoms with E-state index < -0.39 is 5.97 Å². The van der Waals surface area contributed by atoms with Gasteiger partial charge in [-0.2, -0.15) is 0 Å². The standard InChI is InChI=1S/C14H16BrNO2/c1-10-6-7-16(9-13(10)15)8-11-2-4-12(5-3-11)14(17)18/h2-5H,6-9H2,1H3,(H,17,18). The highest BCUT2D eigenvalue weighted by Gasteiger charge is 2.15. The molecule has 18 heavy (non-hydrogen) atoms. The van der Waals surface area contributed by atoms with Crippen molar-refractivity contribution in [3.63, 3.8) is 0 Å². The molecule has 0 bridgehead atoms. The van der Waals surface area contributed by atoms with Crippen LogP contribution in [0.3, 0.4) is 0 Å². The number of halogens is 1. The maximum atomic E-state index is 10.8. The van der Waals surface area contributed by atoms with E-state index in [0.717, 1.165) is 31.6 Å². The van der Waals surface area contributed by atoms with Crippen LogP contribution in [0.25, 0.3) is 0 Å². The van der Waals surface area contributed by atoms with Gasteiger partial charge in [0.15, 0.2) is 0 Å². The second-order valence-electron chi connectivity index (χ2n) is 4.65. The van der Waals surface area contributed by atoms with Crippen molar-refractivity contribution in [2.45, 2.75) is 19.9 Å². The van der Waals surface area contributed by atoms with E-state index in [1.807, 2.05) is 12.1 Å². The van der Waals surface area contributed by atoms with Gasteiger partial charge in [0.05, 0.1) is 5.56 Å². The maximum absolute atomic E-state index is 10.8. The summed E-state index contributed by atoms with van der Waals surface area (Å²) in [6, 6.07) is 7.11. The van der Waals surface area contributed by atoms with Crippen LogP contribution in [0.4, 0.5) is 0 Å². The third-order valence-electron chi connectivity index (χ3n) is 3.24. The first-order valence-corrected chi connectivity index (χ1v) is 6.74. The van der Waals surface area contributed by atoms with E-state index in [4.69, 9.17) is 5.11 Å². The van der Waals surface area contributed by atoms with Gasteiger partial charge >= 0.3 is 5.97 Å². The van der Waals surface area contributed by atoms with Crippen molar-refractivity contribution in [2.75, 3.05) is 13.1 Å². The Morgan fingerprint density at radius 1 is 1.39 bits per heavy atom. The Morgan fingerprint density at radius 2 is 2.06 bits per heavy atom. The summed E-state index contributed by atoms with van der Waals surface area (Å²) in [7, 11) is 0. The van der Waals surface area contributed by atoms with Crippen LogP contribution in [0.1, 0.15) is 29.3 Å². The van der Waals surface area contributed by atoms with Crippen molar-refractivity contribution in [1.82, 2.24) is 4.90 Å². The molecule has 1 N–H and O–H groups in total. The molecule has 96 valence electrons. The fourth-order valence-corrected chi connectivity index (χ4v) is 2.57. The number of aromatic carboxylic acids is 1. The highest BCUT2D eigenvalue weighted by Crippen LogP contribution is 2.23. The highest BCUT2D eigenvalue weighted by molar-refractivity contribution is 9.11. The van der Waals surface area contributed by atoms with Gasteiger partial charge in [-0.05, 0) is 31.0 Å². The Labute approximate surface area is 115 Å². The fourth-order valence-electron chi connectivity index (χ4n) is 2.02. The van der Waals surface area contributed by atoms with Crippen LogP contribution >= 0.6 is 15.9 Å². The molecule has 1 aromatic carbocycles. The quantitative estimate of drug-likeness (QED) is 0.931. The van der Waals surface area contributed by atoms with Crippen LogP contribution in [-0.2, 0) is 6.54 Å². The van der Waals surface area contributed by atoms with Gasteiger partial charge in [-0.25, -0.2) is 4.79 Å². The highest BCUT2D eigenvalue weighted by atomic mass is 79.9. The van der Waals surface area contributed by atoms with Crippen molar-refractivity contribution in [1.29, 1.82) is 0 Å². The summed E-state index contributed by atoms with van der Waals surface area (Å²) in [5, 5.41) is 8.84. The van der Waals surface area contributed by atoms with Crippen molar-refractivity contribution < 1.29 is 9.90 Å². The molecule has 0 amide bonds. The molecule has 1 aromatic rings. The largest absolute Gasteiger partial charge is 0.478 e. The third kappa shape index (κ3) is 3.21. The summed E-state index contributed by atoms with van der Waals surface area (Å²) in [5.74, 6) is -0.874. The van der Waals surface area contributed by atoms with E-state index in [-0.39, 0.29) is 0 Å². The predicted molar refractivity (Wildman–Crippen MR) is 74.9 cm³/mol. The number of carboxylic acids is 1. The van der Waals surface area contributed by atoms with Crippen molar-refractivity contribution >= 4 is 21.9 Å². The molecule has 0 atom stereocenters. The van der Waals surface area contributed by atoms with Crippen molar-refractivity contribution in [2.24, 2.45) is 0 Å². The van der Waals surface area contributed by atoms with E-state index in [0.29, 0.717) is 5.56 Å². The minimum absolute atomic E-state index is 0.342. The number of benzene rings is 1. The van der Waals surface area contributed by atoms with Crippen LogP contribution in [0.2, 0.25) is 0 Å². The monoisotopic (exact) mass is 309 g/mol. The Hall–Kier alpha value is -1.13. The molecule has 4 heteroatoms. The number of carboxylic acid groups (broad SMARTS) is 1. The molecular formula is C14H16BrNO2. The summed E-state index contributed by atoms with van der Waals surface area (Å²) in [4.78, 5) is 13.1. The molecule has 1 heterocycles. The van der Waals surface area contributed by atoms with Crippen molar-refractivity contribution in [3.8, 4) is 0 Å². The minimum Gasteiger partial charge on any atom is -0.478 e. The number of nitrogens with zero attached hydrogens (tertiary/aromatic N) is 1. The first-order valence-electron chi connectivity index (χ1n) is 5.95. The molecule has 0 saturated heterocycles. The lowest BCUT2D eigenvalue weighted by Crippen LogP contribution is -2.29. The Kier molecular flexibility index (Phi) is 4.19. The normalized spacial score (nSPS) is 17.0. The molecular weight excluding hydrogens is 294 g/mol. The van der Waals surface area contributed by atoms with Gasteiger partial charge in [0.2, 0.25) is 0 Å². The summed E-state index contributed by atoms with van der Waals surface area (Å²) in [5.41, 5.74) is 2.92. The number of hydrogen-bond donors (Lipinski definition) is 1. The van der Waals surface area contributed by atoms with Gasteiger partial charge in [0.1, 0.15) is 0 Å². The summed E-state index contributed by atoms with van der Waals surface area (Å²) < 4.78 is 1.27. The molecule has 0 fully saturated rings. The van der Waals surface area contributed by atoms with E-state index >= 15 is 0 Å². The van der Waals surface area contributed by atoms with Crippen LogP contribution in [0.5, 0.6) is 0 Å². The minimum atomic E-state index is -0.874. The van der Waals surface area contributed by atoms with Gasteiger partial charge in [-0.1, -0.05) is 33.6 Å². The molecule has 1 aliphatic rings. The summed E-state index contributed by atoms with van der Waals surface area (Å²) in [6.07, 6.45) is 1.09. The smallest absolute Gasteiger partial charge is 0.335 e. The first kappa shape index (κ1) is 13.3. The average Bonchev–Trinajstić information content (AvgIpc) is 2.34. The Morgan fingerprint density at radius 3 is 2.61 bits per heavy atom. The molecule has 0 saturated carbocycles. The van der Waals surface area contributed by atoms with Crippen LogP contribution < -0.4 is 0 Å². The molecule has 0 unspecified atom stereocenters. The van der Waals surface area contributed by atoms with E-state index in [1.54, 1.807) is 12.1 Å². The van der Waals surface area contributed by atoms with E-state index in [1.165, 1.54) is 10.1 Å². The Bertz CT molecular complexity index is 479. The number of hydrogen-bond acceptors (Lipinski definition) is 2. The van der Waals surface area contributed by atoms with E-state index in [9.17, 15) is 4.79 Å². The SMILES string of the molecule is CC1=C(Br)CN(Cc2ccc(C(=O)O)cc2)CC1. The van der Waals surface area contributed by atoms with Crippen molar-refractivity contribution in [3.05, 3.63) is 45.4 Å². The number of carbonyl (C=O) groups is 1. The maximum Gasteiger partial charge on any atom is 0.335 e. The molecule has 3 nitrogen and oxygen atoms in total. The lowest BCUT2D eigenvalue weighted by atomic mass is 10.1. The molecule has 0 aromatic heterocycles. The molecule has 0 spiro atoms. The Balaban J connectivity index is 2.00. The number of rotatable bonds is 3. The second kappa shape index (κ2) is 5.67. The van der Waals surface area contributed by atoms with E-state index in [2.05, 4.69) is 27.8 Å².